The van der Waals surface area contributed by atoms with Crippen molar-refractivity contribution in [2.24, 2.45) is 0 Å². The van der Waals surface area contributed by atoms with Gasteiger partial charge in [0.2, 0.25) is 5.91 Å². The van der Waals surface area contributed by atoms with Gasteiger partial charge < -0.3 is 9.64 Å². The molecule has 1 saturated carbocycles. The molecule has 1 aromatic rings. The predicted octanol–water partition coefficient (Wildman–Crippen LogP) is 1.11. The van der Waals surface area contributed by atoms with Crippen LogP contribution in [0.5, 0.6) is 5.75 Å². The number of rotatable bonds is 6. The number of benzene rings is 1. The number of nitrogens with one attached hydrogen (secondary N) is 2. The normalized spacial score (nSPS) is 24.0. The van der Waals surface area contributed by atoms with Gasteiger partial charge >= 0.3 is 0 Å². The zero-order valence-corrected chi connectivity index (χ0v) is 14.1. The van der Waals surface area contributed by atoms with Gasteiger partial charge in [0.25, 0.3) is 0 Å². The Bertz CT molecular complexity index is 544. The van der Waals surface area contributed by atoms with Crippen LogP contribution in [-0.4, -0.2) is 55.7 Å². The maximum atomic E-state index is 12.2. The van der Waals surface area contributed by atoms with Gasteiger partial charge in [0.15, 0.2) is 0 Å². The van der Waals surface area contributed by atoms with Crippen molar-refractivity contribution in [3.05, 3.63) is 29.8 Å². The number of likely N-dealkylation sites (N-methyl/N-ethyl adjacent to an activating group) is 2. The number of ether oxygens (including phenoxy) is 1. The Morgan fingerprint density at radius 1 is 1.22 bits per heavy atom. The number of carbonyl (C=O) groups excluding carboxylic acids is 1. The first kappa shape index (κ1) is 16.2. The molecule has 2 fully saturated rings. The van der Waals surface area contributed by atoms with E-state index >= 15 is 0 Å². The maximum absolute atomic E-state index is 12.2. The molecule has 126 valence electrons. The molecule has 6 heteroatoms. The Kier molecular flexibility index (Phi) is 4.84. The Labute approximate surface area is 137 Å². The highest BCUT2D eigenvalue weighted by Gasteiger charge is 2.32. The van der Waals surface area contributed by atoms with E-state index < -0.39 is 0 Å². The number of nitrogens with zero attached hydrogens (tertiary/aromatic N) is 2. The van der Waals surface area contributed by atoms with Gasteiger partial charge in [-0.25, -0.2) is 10.9 Å². The third-order valence-corrected chi connectivity index (χ3v) is 4.81. The molecule has 0 radical (unpaired) electrons. The largest absolute Gasteiger partial charge is 0.497 e. The quantitative estimate of drug-likeness (QED) is 0.823. The summed E-state index contributed by atoms with van der Waals surface area (Å²) in [5.74, 6) is 1.06. The highest BCUT2D eigenvalue weighted by Crippen LogP contribution is 2.27. The van der Waals surface area contributed by atoms with Crippen molar-refractivity contribution in [1.29, 1.82) is 0 Å². The lowest BCUT2D eigenvalue weighted by Crippen LogP contribution is -2.47. The van der Waals surface area contributed by atoms with Crippen LogP contribution in [0.1, 0.15) is 30.9 Å². The van der Waals surface area contributed by atoms with Gasteiger partial charge in [-0.15, -0.1) is 0 Å². The van der Waals surface area contributed by atoms with E-state index in [0.29, 0.717) is 12.6 Å². The van der Waals surface area contributed by atoms with Crippen molar-refractivity contribution in [2.75, 3.05) is 27.7 Å². The molecule has 23 heavy (non-hydrogen) atoms. The summed E-state index contributed by atoms with van der Waals surface area (Å²) >= 11 is 0. The summed E-state index contributed by atoms with van der Waals surface area (Å²) in [4.78, 5) is 16.2. The smallest absolute Gasteiger partial charge is 0.236 e. The summed E-state index contributed by atoms with van der Waals surface area (Å²) in [6.45, 7) is 0.446. The summed E-state index contributed by atoms with van der Waals surface area (Å²) < 4.78 is 5.20. The van der Waals surface area contributed by atoms with Crippen molar-refractivity contribution < 1.29 is 9.53 Å². The van der Waals surface area contributed by atoms with Crippen LogP contribution >= 0.6 is 0 Å². The van der Waals surface area contributed by atoms with E-state index in [-0.39, 0.29) is 18.1 Å². The molecule has 1 aromatic carbocycles. The molecule has 1 aliphatic carbocycles. The van der Waals surface area contributed by atoms with E-state index in [0.717, 1.165) is 25.0 Å². The molecule has 1 saturated heterocycles. The monoisotopic (exact) mass is 318 g/mol. The zero-order valence-electron chi connectivity index (χ0n) is 14.1. The van der Waals surface area contributed by atoms with E-state index in [1.165, 1.54) is 5.56 Å². The van der Waals surface area contributed by atoms with Crippen LogP contribution in [-0.2, 0) is 4.79 Å². The van der Waals surface area contributed by atoms with E-state index in [2.05, 4.69) is 27.9 Å². The molecular formula is C17H26N4O2. The van der Waals surface area contributed by atoms with E-state index in [1.54, 1.807) is 7.11 Å². The fourth-order valence-electron chi connectivity index (χ4n) is 2.98. The number of carbonyl (C=O) groups is 1. The highest BCUT2D eigenvalue weighted by molar-refractivity contribution is 5.78. The minimum Gasteiger partial charge on any atom is -0.497 e. The molecule has 1 aliphatic heterocycles. The van der Waals surface area contributed by atoms with Crippen molar-refractivity contribution in [3.63, 3.8) is 0 Å². The van der Waals surface area contributed by atoms with Gasteiger partial charge in [-0.2, -0.15) is 0 Å². The first-order valence-corrected chi connectivity index (χ1v) is 8.19. The number of hydrogen-bond acceptors (Lipinski definition) is 5. The van der Waals surface area contributed by atoms with Crippen LogP contribution in [0.4, 0.5) is 0 Å². The average Bonchev–Trinajstić information content (AvgIpc) is 3.30. The highest BCUT2D eigenvalue weighted by atomic mass is 16.5. The standard InChI is InChI=1S/C17H26N4O2/c1-20(11-17(22)21(2)13-6-7-13)16-10-15(18-19-16)12-4-8-14(23-3)9-5-12/h4-5,8-9,13,15-16,18-19H,6-7,10-11H2,1-3H3. The SMILES string of the molecule is COc1ccc(C2CC(N(C)CC(=O)N(C)C3CC3)NN2)cc1. The Hall–Kier alpha value is -1.63. The lowest BCUT2D eigenvalue weighted by Gasteiger charge is -2.26. The van der Waals surface area contributed by atoms with Crippen LogP contribution in [0.3, 0.4) is 0 Å². The van der Waals surface area contributed by atoms with Gasteiger partial charge in [-0.3, -0.25) is 9.69 Å². The second kappa shape index (κ2) is 6.86. The van der Waals surface area contributed by atoms with Gasteiger partial charge in [-0.05, 0) is 44.0 Å². The summed E-state index contributed by atoms with van der Waals surface area (Å²) in [5.41, 5.74) is 7.84. The van der Waals surface area contributed by atoms with Crippen molar-refractivity contribution in [1.82, 2.24) is 20.7 Å². The number of hydrazine groups is 1. The van der Waals surface area contributed by atoms with Crippen molar-refractivity contribution in [2.45, 2.75) is 37.5 Å². The first-order valence-electron chi connectivity index (χ1n) is 8.19. The molecule has 0 spiro atoms. The molecule has 1 heterocycles. The summed E-state index contributed by atoms with van der Waals surface area (Å²) in [7, 11) is 5.58. The first-order chi connectivity index (χ1) is 11.1. The fourth-order valence-corrected chi connectivity index (χ4v) is 2.98. The van der Waals surface area contributed by atoms with Crippen LogP contribution in [0.2, 0.25) is 0 Å². The van der Waals surface area contributed by atoms with E-state index in [1.807, 2.05) is 31.1 Å². The second-order valence-electron chi connectivity index (χ2n) is 6.52. The molecule has 0 aromatic heterocycles. The summed E-state index contributed by atoms with van der Waals surface area (Å²) in [6.07, 6.45) is 3.37. The maximum Gasteiger partial charge on any atom is 0.236 e. The zero-order chi connectivity index (χ0) is 16.4. The molecule has 6 nitrogen and oxygen atoms in total. The van der Waals surface area contributed by atoms with Crippen molar-refractivity contribution >= 4 is 5.91 Å². The third-order valence-electron chi connectivity index (χ3n) is 4.81. The number of amides is 1. The average molecular weight is 318 g/mol. The minimum atomic E-state index is 0.152. The van der Waals surface area contributed by atoms with E-state index in [4.69, 9.17) is 4.74 Å². The summed E-state index contributed by atoms with van der Waals surface area (Å²) in [6, 6.07) is 8.81. The topological polar surface area (TPSA) is 56.8 Å². The second-order valence-corrected chi connectivity index (χ2v) is 6.52. The molecule has 2 aliphatic rings. The van der Waals surface area contributed by atoms with Crippen LogP contribution < -0.4 is 15.6 Å². The van der Waals surface area contributed by atoms with Crippen LogP contribution in [0.25, 0.3) is 0 Å². The predicted molar refractivity (Wildman–Crippen MR) is 88.8 cm³/mol. The molecule has 0 bridgehead atoms. The van der Waals surface area contributed by atoms with Gasteiger partial charge in [0.1, 0.15) is 5.75 Å². The Morgan fingerprint density at radius 2 is 1.91 bits per heavy atom. The fraction of sp³-hybridized carbons (Fsp3) is 0.588. The molecule has 2 atom stereocenters. The Balaban J connectivity index is 1.52. The van der Waals surface area contributed by atoms with E-state index in [9.17, 15) is 4.79 Å². The van der Waals surface area contributed by atoms with Crippen LogP contribution in [0.15, 0.2) is 24.3 Å². The van der Waals surface area contributed by atoms with Gasteiger partial charge in [-0.1, -0.05) is 12.1 Å². The van der Waals surface area contributed by atoms with Gasteiger partial charge in [0, 0.05) is 19.1 Å². The van der Waals surface area contributed by atoms with Gasteiger partial charge in [0.05, 0.1) is 19.8 Å². The minimum absolute atomic E-state index is 0.152. The third kappa shape index (κ3) is 3.83. The molecule has 3 rings (SSSR count). The molecule has 2 unspecified atom stereocenters. The number of hydrogen-bond donors (Lipinski definition) is 2. The van der Waals surface area contributed by atoms with Crippen LogP contribution in [0, 0.1) is 0 Å². The number of methoxy groups -OCH3 is 1. The lowest BCUT2D eigenvalue weighted by molar-refractivity contribution is -0.131. The lowest BCUT2D eigenvalue weighted by atomic mass is 10.0. The molecule has 1 amide bonds. The Morgan fingerprint density at radius 3 is 2.52 bits per heavy atom. The van der Waals surface area contributed by atoms with Crippen molar-refractivity contribution in [3.8, 4) is 5.75 Å². The summed E-state index contributed by atoms with van der Waals surface area (Å²) in [5, 5.41) is 0. The molecule has 2 N–H and O–H groups in total. The molecular weight excluding hydrogens is 292 g/mol.